The minimum Gasteiger partial charge on any atom is -0.465 e. The van der Waals surface area contributed by atoms with Crippen molar-refractivity contribution in [3.63, 3.8) is 0 Å². The maximum absolute atomic E-state index is 13.3. The average Bonchev–Trinajstić information content (AvgIpc) is 1.62. The van der Waals surface area contributed by atoms with E-state index in [1.165, 1.54) is 49.6 Å². The number of aromatic nitrogens is 2. The van der Waals surface area contributed by atoms with Crippen LogP contribution in [0, 0.1) is 60.7 Å². The number of hydrogen-bond acceptors (Lipinski definition) is 23. The Hall–Kier alpha value is -12.8. The lowest BCUT2D eigenvalue weighted by atomic mass is 9.98. The highest BCUT2D eigenvalue weighted by Crippen LogP contribution is 2.47. The van der Waals surface area contributed by atoms with Gasteiger partial charge >= 0.3 is 22.3 Å². The molecule has 0 bridgehead atoms. The second-order valence-corrected chi connectivity index (χ2v) is 18.4. The largest absolute Gasteiger partial charge is 0.465 e. The predicted molar refractivity (Wildman–Crippen MR) is 296 cm³/mol. The summed E-state index contributed by atoms with van der Waals surface area (Å²) in [6.07, 6.45) is 3.28. The second-order valence-electron chi connectivity index (χ2n) is 17.5. The van der Waals surface area contributed by atoms with Gasteiger partial charge in [0.15, 0.2) is 17.3 Å². The Morgan fingerprint density at radius 2 is 0.898 bits per heavy atom. The van der Waals surface area contributed by atoms with Gasteiger partial charge < -0.3 is 20.0 Å². The van der Waals surface area contributed by atoms with Crippen LogP contribution in [0.5, 0.6) is 0 Å². The van der Waals surface area contributed by atoms with Gasteiger partial charge in [-0.2, -0.15) is 13.5 Å². The first-order valence-corrected chi connectivity index (χ1v) is 25.3. The molecule has 0 radical (unpaired) electrons. The summed E-state index contributed by atoms with van der Waals surface area (Å²) < 4.78 is 42.4. The van der Waals surface area contributed by atoms with Crippen LogP contribution in [0.4, 0.5) is 34.1 Å². The summed E-state index contributed by atoms with van der Waals surface area (Å²) >= 11 is 0. The van der Waals surface area contributed by atoms with E-state index in [1.54, 1.807) is 59.5 Å². The number of rotatable bonds is 10. The summed E-state index contributed by atoms with van der Waals surface area (Å²) in [6, 6.07) is 29.1. The van der Waals surface area contributed by atoms with Gasteiger partial charge in [-0.25, -0.2) is 14.3 Å². The van der Waals surface area contributed by atoms with Crippen molar-refractivity contribution in [3.05, 3.63) is 251 Å². The first-order valence-electron chi connectivity index (χ1n) is 23.9. The summed E-state index contributed by atoms with van der Waals surface area (Å²) in [5, 5.41) is 76.4. The Morgan fingerprint density at radius 1 is 0.489 bits per heavy atom. The van der Waals surface area contributed by atoms with E-state index in [0.717, 1.165) is 49.6 Å². The van der Waals surface area contributed by atoms with Crippen molar-refractivity contribution in [2.45, 2.75) is 0 Å². The maximum atomic E-state index is 13.3. The van der Waals surface area contributed by atoms with E-state index in [-0.39, 0.29) is 101 Å². The molecule has 0 saturated carbocycles. The van der Waals surface area contributed by atoms with Crippen LogP contribution in [-0.2, 0) is 19.9 Å². The molecule has 0 atom stereocenters. The number of nitrogens with zero attached hydrogens (tertiary/aromatic N) is 8. The van der Waals surface area contributed by atoms with Crippen LogP contribution in [0.25, 0.3) is 39.1 Å². The molecule has 446 valence electrons. The van der Waals surface area contributed by atoms with E-state index in [4.69, 9.17) is 32.8 Å². The third kappa shape index (κ3) is 12.9. The van der Waals surface area contributed by atoms with E-state index < -0.39 is 75.3 Å². The number of non-ortho nitro benzene ring substituents is 3. The van der Waals surface area contributed by atoms with Gasteiger partial charge in [-0.05, 0) is 65.7 Å². The molecular formula is C53H33N9O25S. The summed E-state index contributed by atoms with van der Waals surface area (Å²) in [6.45, 7) is 0. The normalized spacial score (nSPS) is 11.4. The number of carbonyl (C=O) groups excluding carboxylic acids is 6. The smallest absolute Gasteiger partial charge is 0.394 e. The van der Waals surface area contributed by atoms with Gasteiger partial charge in [-0.1, -0.05) is 24.3 Å². The monoisotopic (exact) mass is 1230 g/mol. The number of nitro groups is 5. The maximum Gasteiger partial charge on any atom is 0.394 e. The van der Waals surface area contributed by atoms with Crippen LogP contribution >= 0.6 is 0 Å². The number of nitro benzene ring substituents is 5. The van der Waals surface area contributed by atoms with Crippen LogP contribution in [0.3, 0.4) is 0 Å². The Kier molecular flexibility index (Phi) is 18.1. The molecule has 3 aliphatic carbocycles. The van der Waals surface area contributed by atoms with Crippen LogP contribution in [-0.4, -0.2) is 112 Å². The molecule has 0 saturated heterocycles. The summed E-state index contributed by atoms with van der Waals surface area (Å²) in [4.78, 5) is 136. The molecule has 1 aromatic heterocycles. The molecule has 4 N–H and O–H groups in total. The Balaban J connectivity index is 0.000000181. The van der Waals surface area contributed by atoms with E-state index in [0.29, 0.717) is 22.5 Å². The number of esters is 2. The Morgan fingerprint density at radius 3 is 1.33 bits per heavy atom. The SMILES string of the molecule is COC(=O)c1ccc([N+](=O)[O-])c2c1C(=O)c1cc([N+](=O)[O-])ccc1-2.COC(=O)c1cccc2c1C(=O)c1cc([N+](=O)[O-])ccc1-2.O=C(Nc1ccccc1-n1cccn1)c1ccc([N+](=O)[O-])c2c1C(=O)c1cc([N+](=O)[O-])ccc1-2.O=S(=O)(O)O.O=[N+]([O-])O. The van der Waals surface area contributed by atoms with Crippen LogP contribution in [0.1, 0.15) is 78.8 Å². The molecule has 3 aliphatic rings. The minimum absolute atomic E-state index is 0.0298. The van der Waals surface area contributed by atoms with E-state index >= 15 is 0 Å². The number of amides is 1. The highest BCUT2D eigenvalue weighted by Gasteiger charge is 2.40. The lowest BCUT2D eigenvalue weighted by Gasteiger charge is -2.13. The zero-order valence-corrected chi connectivity index (χ0v) is 44.9. The number of fused-ring (bicyclic) bond motifs is 9. The van der Waals surface area contributed by atoms with Gasteiger partial charge in [0.25, 0.3) is 39.4 Å². The van der Waals surface area contributed by atoms with Crippen LogP contribution in [0.2, 0.25) is 0 Å². The first kappa shape index (κ1) is 62.8. The number of benzene rings is 7. The third-order valence-electron chi connectivity index (χ3n) is 12.7. The van der Waals surface area contributed by atoms with E-state index in [2.05, 4.69) is 19.9 Å². The fourth-order valence-electron chi connectivity index (χ4n) is 9.23. The van der Waals surface area contributed by atoms with Gasteiger partial charge in [0.2, 0.25) is 0 Å². The molecule has 7 aromatic carbocycles. The van der Waals surface area contributed by atoms with Crippen molar-refractivity contribution < 1.29 is 90.7 Å². The van der Waals surface area contributed by atoms with Gasteiger partial charge in [-0.3, -0.25) is 78.9 Å². The molecule has 0 fully saturated rings. The zero-order chi connectivity index (χ0) is 64.8. The zero-order valence-electron chi connectivity index (χ0n) is 44.1. The van der Waals surface area contributed by atoms with Gasteiger partial charge in [0, 0.05) is 94.3 Å². The lowest BCUT2D eigenvalue weighted by Crippen LogP contribution is -2.17. The van der Waals surface area contributed by atoms with E-state index in [9.17, 15) is 79.3 Å². The molecule has 0 spiro atoms. The number of anilines is 1. The quantitative estimate of drug-likeness (QED) is 0.0433. The number of carbonyl (C=O) groups is 6. The fraction of sp³-hybridized carbons (Fsp3) is 0.0377. The molecule has 88 heavy (non-hydrogen) atoms. The molecular weight excluding hydrogens is 1190 g/mol. The number of ketones is 3. The Labute approximate surface area is 487 Å². The summed E-state index contributed by atoms with van der Waals surface area (Å²) in [7, 11) is -2.31. The Bertz CT molecular complexity index is 4480. The van der Waals surface area contributed by atoms with Crippen molar-refractivity contribution in [3.8, 4) is 39.1 Å². The molecule has 0 aliphatic heterocycles. The van der Waals surface area contributed by atoms with Crippen molar-refractivity contribution in [2.75, 3.05) is 19.5 Å². The molecule has 35 heteroatoms. The highest BCUT2D eigenvalue weighted by atomic mass is 32.3. The highest BCUT2D eigenvalue weighted by molar-refractivity contribution is 7.79. The summed E-state index contributed by atoms with van der Waals surface area (Å²) in [5.41, 5.74) is 0.860. The number of ether oxygens (including phenoxy) is 2. The molecule has 1 heterocycles. The lowest BCUT2D eigenvalue weighted by molar-refractivity contribution is -0.742. The standard InChI is InChI=1S/C23H13N5O6.C15H8N2O7.C15H9NO5.HNO3.H2O4S/c29-22-16-12-13(27(31)32)6-7-14(16)20-19(28(33)34)9-8-15(21(20)22)23(30)25-17-4-1-2-5-18(17)26-11-3-10-24-26;1-24-15(19)9-4-5-11(17(22)23)12-8-3-2-7(16(20)21)6-10(8)14(18)13(9)12;1-21-15(18)11-4-2-3-10-9-6-5-8(16(19)20)7-12(9)14(17)13(10)11;2-1(3)4;1-5(2,3)4/h1-12H,(H,25,30);2-6H,1H3;2-7H,1H3;(H,2,3,4);(H2,1,2,3,4). The third-order valence-corrected chi connectivity index (χ3v) is 12.7. The van der Waals surface area contributed by atoms with Crippen molar-refractivity contribution >= 4 is 79.7 Å². The van der Waals surface area contributed by atoms with Crippen molar-refractivity contribution in [1.82, 2.24) is 9.78 Å². The van der Waals surface area contributed by atoms with Crippen LogP contribution < -0.4 is 5.32 Å². The molecule has 34 nitrogen and oxygen atoms in total. The number of hydrogen-bond donors (Lipinski definition) is 4. The molecule has 1 amide bonds. The molecule has 11 rings (SSSR count). The second kappa shape index (κ2) is 25.4. The first-order chi connectivity index (χ1) is 41.5. The number of para-hydroxylation sites is 2. The number of nitrogens with one attached hydrogen (secondary N) is 1. The average molecular weight is 1230 g/mol. The minimum atomic E-state index is -4.67. The van der Waals surface area contributed by atoms with Gasteiger partial charge in [0.1, 0.15) is 0 Å². The van der Waals surface area contributed by atoms with Gasteiger partial charge in [0.05, 0.1) is 89.2 Å². The van der Waals surface area contributed by atoms with Crippen molar-refractivity contribution in [2.24, 2.45) is 0 Å². The van der Waals surface area contributed by atoms with Crippen molar-refractivity contribution in [1.29, 1.82) is 0 Å². The van der Waals surface area contributed by atoms with Gasteiger partial charge in [-0.15, -0.1) is 10.1 Å². The number of methoxy groups -OCH3 is 2. The predicted octanol–water partition coefficient (Wildman–Crippen LogP) is 8.25. The summed E-state index contributed by atoms with van der Waals surface area (Å²) in [5.74, 6) is -3.87. The topological polar surface area (TPSA) is 504 Å². The fourth-order valence-corrected chi connectivity index (χ4v) is 9.23. The molecule has 0 unspecified atom stereocenters. The van der Waals surface area contributed by atoms with Crippen LogP contribution in [0.15, 0.2) is 140 Å². The molecule has 8 aromatic rings. The van der Waals surface area contributed by atoms with E-state index in [1.807, 2.05) is 0 Å².